The summed E-state index contributed by atoms with van der Waals surface area (Å²) in [5.74, 6) is 1.98. The second-order valence-corrected chi connectivity index (χ2v) is 5.99. The Hall–Kier alpha value is -0.870. The van der Waals surface area contributed by atoms with Gasteiger partial charge in [-0.1, -0.05) is 0 Å². The van der Waals surface area contributed by atoms with E-state index in [1.165, 1.54) is 43.9 Å². The first-order chi connectivity index (χ1) is 8.72. The quantitative estimate of drug-likeness (QED) is 0.864. The molecule has 1 fully saturated rings. The minimum Gasteiger partial charge on any atom is -0.319 e. The number of piperidine rings is 1. The molecule has 0 bridgehead atoms. The van der Waals surface area contributed by atoms with Crippen LogP contribution in [0.3, 0.4) is 0 Å². The third kappa shape index (κ3) is 2.45. The van der Waals surface area contributed by atoms with Crippen molar-refractivity contribution in [2.75, 3.05) is 20.1 Å². The number of rotatable bonds is 2. The number of likely N-dealkylation sites (tertiary alicyclic amines) is 1. The van der Waals surface area contributed by atoms with Crippen molar-refractivity contribution in [3.05, 3.63) is 17.7 Å². The molecule has 2 aliphatic heterocycles. The van der Waals surface area contributed by atoms with Crippen LogP contribution >= 0.6 is 0 Å². The number of nitrogens with two attached hydrogens (primary N) is 1. The lowest BCUT2D eigenvalue weighted by molar-refractivity contribution is 0.208. The standard InChI is InChI=1S/C14H24N4/c1-17-7-3-4-11(9-17)8-12-10-18-13(15)5-2-6-14(18)16-12/h10-11,13H,2-9,15H2,1H3. The molecule has 0 aromatic carbocycles. The van der Waals surface area contributed by atoms with E-state index in [0.717, 1.165) is 25.2 Å². The molecular weight excluding hydrogens is 224 g/mol. The van der Waals surface area contributed by atoms with Crippen LogP contribution in [0.15, 0.2) is 6.20 Å². The monoisotopic (exact) mass is 248 g/mol. The SMILES string of the molecule is CN1CCCC(Cc2cn3c(n2)CCCC3N)C1. The summed E-state index contributed by atoms with van der Waals surface area (Å²) in [6.07, 6.45) is 9.53. The number of nitrogens with zero attached hydrogens (tertiary/aromatic N) is 3. The van der Waals surface area contributed by atoms with E-state index in [4.69, 9.17) is 10.7 Å². The van der Waals surface area contributed by atoms with Gasteiger partial charge in [0.15, 0.2) is 0 Å². The van der Waals surface area contributed by atoms with E-state index in [1.54, 1.807) is 0 Å². The summed E-state index contributed by atoms with van der Waals surface area (Å²) >= 11 is 0. The van der Waals surface area contributed by atoms with Crippen molar-refractivity contribution in [2.45, 2.75) is 44.7 Å². The Morgan fingerprint density at radius 3 is 3.06 bits per heavy atom. The molecule has 2 aliphatic rings. The summed E-state index contributed by atoms with van der Waals surface area (Å²) in [7, 11) is 2.22. The predicted octanol–water partition coefficient (Wildman–Crippen LogP) is 1.56. The Kier molecular flexibility index (Phi) is 3.39. The highest BCUT2D eigenvalue weighted by Crippen LogP contribution is 2.24. The number of fused-ring (bicyclic) bond motifs is 1. The van der Waals surface area contributed by atoms with Crippen molar-refractivity contribution in [1.29, 1.82) is 0 Å². The molecule has 0 saturated carbocycles. The summed E-state index contributed by atoms with van der Waals surface area (Å²) in [4.78, 5) is 7.23. The van der Waals surface area contributed by atoms with Crippen molar-refractivity contribution in [3.63, 3.8) is 0 Å². The van der Waals surface area contributed by atoms with Gasteiger partial charge in [-0.2, -0.15) is 0 Å². The minimum atomic E-state index is 0.157. The fourth-order valence-corrected chi connectivity index (χ4v) is 3.40. The molecule has 0 amide bonds. The molecule has 1 aromatic rings. The molecule has 2 unspecified atom stereocenters. The van der Waals surface area contributed by atoms with E-state index >= 15 is 0 Å². The van der Waals surface area contributed by atoms with Gasteiger partial charge in [-0.25, -0.2) is 4.98 Å². The van der Waals surface area contributed by atoms with Crippen LogP contribution in [-0.4, -0.2) is 34.6 Å². The van der Waals surface area contributed by atoms with Crippen molar-refractivity contribution in [3.8, 4) is 0 Å². The average molecular weight is 248 g/mol. The van der Waals surface area contributed by atoms with E-state index < -0.39 is 0 Å². The molecule has 3 rings (SSSR count). The first-order valence-electron chi connectivity index (χ1n) is 7.23. The van der Waals surface area contributed by atoms with Gasteiger partial charge in [0.2, 0.25) is 0 Å². The highest BCUT2D eigenvalue weighted by molar-refractivity contribution is 5.09. The molecule has 2 N–H and O–H groups in total. The van der Waals surface area contributed by atoms with Crippen LogP contribution in [-0.2, 0) is 12.8 Å². The van der Waals surface area contributed by atoms with Crippen LogP contribution in [0.2, 0.25) is 0 Å². The summed E-state index contributed by atoms with van der Waals surface area (Å²) in [6, 6.07) is 0. The van der Waals surface area contributed by atoms with Crippen LogP contribution in [0.4, 0.5) is 0 Å². The van der Waals surface area contributed by atoms with Gasteiger partial charge in [-0.3, -0.25) is 0 Å². The van der Waals surface area contributed by atoms with Gasteiger partial charge in [0.1, 0.15) is 5.82 Å². The third-order valence-electron chi connectivity index (χ3n) is 4.34. The van der Waals surface area contributed by atoms with Crippen molar-refractivity contribution >= 4 is 0 Å². The topological polar surface area (TPSA) is 47.1 Å². The van der Waals surface area contributed by atoms with Crippen LogP contribution in [0, 0.1) is 5.92 Å². The zero-order valence-corrected chi connectivity index (χ0v) is 11.3. The maximum Gasteiger partial charge on any atom is 0.110 e. The summed E-state index contributed by atoms with van der Waals surface area (Å²) in [5.41, 5.74) is 7.38. The van der Waals surface area contributed by atoms with E-state index in [2.05, 4.69) is 22.7 Å². The normalized spacial score (nSPS) is 29.2. The Morgan fingerprint density at radius 2 is 2.28 bits per heavy atom. The molecule has 2 atom stereocenters. The molecule has 0 spiro atoms. The number of aryl methyl sites for hydroxylation is 1. The molecule has 4 nitrogen and oxygen atoms in total. The van der Waals surface area contributed by atoms with Crippen LogP contribution in [0.25, 0.3) is 0 Å². The lowest BCUT2D eigenvalue weighted by atomic mass is 9.94. The van der Waals surface area contributed by atoms with E-state index in [-0.39, 0.29) is 6.17 Å². The summed E-state index contributed by atoms with van der Waals surface area (Å²) < 4.78 is 2.20. The van der Waals surface area contributed by atoms with Crippen LogP contribution in [0.5, 0.6) is 0 Å². The molecule has 4 heteroatoms. The van der Waals surface area contributed by atoms with Crippen molar-refractivity contribution in [2.24, 2.45) is 11.7 Å². The number of hydrogen-bond donors (Lipinski definition) is 1. The first kappa shape index (κ1) is 12.2. The molecule has 100 valence electrons. The smallest absolute Gasteiger partial charge is 0.110 e. The van der Waals surface area contributed by atoms with Gasteiger partial charge < -0.3 is 15.2 Å². The molecule has 18 heavy (non-hydrogen) atoms. The second-order valence-electron chi connectivity index (χ2n) is 5.99. The maximum atomic E-state index is 6.13. The average Bonchev–Trinajstić information content (AvgIpc) is 2.73. The predicted molar refractivity (Wildman–Crippen MR) is 72.3 cm³/mol. The molecular formula is C14H24N4. The Morgan fingerprint density at radius 1 is 1.39 bits per heavy atom. The molecule has 1 saturated heterocycles. The molecule has 0 radical (unpaired) electrons. The molecule has 0 aliphatic carbocycles. The fraction of sp³-hybridized carbons (Fsp3) is 0.786. The van der Waals surface area contributed by atoms with E-state index in [9.17, 15) is 0 Å². The van der Waals surface area contributed by atoms with Gasteiger partial charge >= 0.3 is 0 Å². The number of imidazole rings is 1. The minimum absolute atomic E-state index is 0.157. The Balaban J connectivity index is 1.69. The Labute approximate surface area is 109 Å². The Bertz CT molecular complexity index is 412. The van der Waals surface area contributed by atoms with Gasteiger partial charge in [-0.15, -0.1) is 0 Å². The van der Waals surface area contributed by atoms with Crippen LogP contribution in [0.1, 0.15) is 43.4 Å². The lowest BCUT2D eigenvalue weighted by Crippen LogP contribution is -2.33. The van der Waals surface area contributed by atoms with E-state index in [1.807, 2.05) is 0 Å². The van der Waals surface area contributed by atoms with Crippen molar-refractivity contribution in [1.82, 2.24) is 14.5 Å². The molecule has 3 heterocycles. The van der Waals surface area contributed by atoms with Gasteiger partial charge in [0.05, 0.1) is 11.9 Å². The first-order valence-corrected chi connectivity index (χ1v) is 7.23. The molecule has 1 aromatic heterocycles. The summed E-state index contributed by atoms with van der Waals surface area (Å²) in [5, 5.41) is 0. The van der Waals surface area contributed by atoms with E-state index in [0.29, 0.717) is 0 Å². The van der Waals surface area contributed by atoms with Crippen molar-refractivity contribution < 1.29 is 0 Å². The highest BCUT2D eigenvalue weighted by Gasteiger charge is 2.22. The fourth-order valence-electron chi connectivity index (χ4n) is 3.40. The zero-order chi connectivity index (χ0) is 12.5. The lowest BCUT2D eigenvalue weighted by Gasteiger charge is -2.29. The zero-order valence-electron chi connectivity index (χ0n) is 11.3. The van der Waals surface area contributed by atoms with Crippen LogP contribution < -0.4 is 5.73 Å². The largest absolute Gasteiger partial charge is 0.319 e. The maximum absolute atomic E-state index is 6.13. The van der Waals surface area contributed by atoms with Gasteiger partial charge in [0, 0.05) is 19.2 Å². The number of aromatic nitrogens is 2. The highest BCUT2D eigenvalue weighted by atomic mass is 15.2. The number of hydrogen-bond acceptors (Lipinski definition) is 3. The third-order valence-corrected chi connectivity index (χ3v) is 4.34. The van der Waals surface area contributed by atoms with Gasteiger partial charge in [0.25, 0.3) is 0 Å². The second kappa shape index (κ2) is 5.02. The summed E-state index contributed by atoms with van der Waals surface area (Å²) in [6.45, 7) is 2.47. The van der Waals surface area contributed by atoms with Gasteiger partial charge in [-0.05, 0) is 51.6 Å².